The minimum Gasteiger partial charge on any atom is -0.341 e. The van der Waals surface area contributed by atoms with Crippen molar-refractivity contribution < 1.29 is 4.79 Å². The molecule has 2 rings (SSSR count). The Hall–Kier alpha value is -0.610. The highest BCUT2D eigenvalue weighted by atomic mass is 16.2. The van der Waals surface area contributed by atoms with Crippen LogP contribution in [0, 0.1) is 11.3 Å². The van der Waals surface area contributed by atoms with E-state index in [1.165, 1.54) is 0 Å². The molecule has 0 radical (unpaired) electrons. The first-order chi connectivity index (χ1) is 9.31. The van der Waals surface area contributed by atoms with E-state index < -0.39 is 0 Å². The maximum Gasteiger partial charge on any atom is 0.239 e. The summed E-state index contributed by atoms with van der Waals surface area (Å²) in [5, 5.41) is 0. The predicted molar refractivity (Wildman–Crippen MR) is 82.4 cm³/mol. The molecule has 2 unspecified atom stereocenters. The van der Waals surface area contributed by atoms with Crippen LogP contribution in [0.15, 0.2) is 0 Å². The molecule has 4 heteroatoms. The molecule has 0 aromatic heterocycles. The molecule has 116 valence electrons. The number of rotatable bonds is 2. The standard InChI is InChI=1S/C16H31N3O/c1-12-5-8-18(9-6-12)15(20)13(2)19-10-7-14(17)16(3,4)11-19/h12-14H,5-11,17H2,1-4H3. The highest BCUT2D eigenvalue weighted by Gasteiger charge is 2.37. The van der Waals surface area contributed by atoms with Gasteiger partial charge in [-0.1, -0.05) is 20.8 Å². The summed E-state index contributed by atoms with van der Waals surface area (Å²) in [4.78, 5) is 17.0. The highest BCUT2D eigenvalue weighted by Crippen LogP contribution is 2.29. The zero-order valence-electron chi connectivity index (χ0n) is 13.6. The molecule has 0 aromatic rings. The van der Waals surface area contributed by atoms with Gasteiger partial charge in [0, 0.05) is 32.2 Å². The van der Waals surface area contributed by atoms with Gasteiger partial charge >= 0.3 is 0 Å². The predicted octanol–water partition coefficient (Wildman–Crippen LogP) is 1.69. The van der Waals surface area contributed by atoms with E-state index in [1.807, 2.05) is 0 Å². The summed E-state index contributed by atoms with van der Waals surface area (Å²) in [6, 6.07) is 0.243. The van der Waals surface area contributed by atoms with Crippen LogP contribution in [0.2, 0.25) is 0 Å². The van der Waals surface area contributed by atoms with Crippen LogP contribution in [-0.2, 0) is 4.79 Å². The minimum absolute atomic E-state index is 0.00446. The third-order valence-electron chi connectivity index (χ3n) is 5.34. The van der Waals surface area contributed by atoms with Gasteiger partial charge in [-0.3, -0.25) is 9.69 Å². The van der Waals surface area contributed by atoms with E-state index >= 15 is 0 Å². The minimum atomic E-state index is -0.00446. The molecule has 2 aliphatic heterocycles. The Labute approximate surface area is 123 Å². The number of carbonyl (C=O) groups is 1. The third-order valence-corrected chi connectivity index (χ3v) is 5.34. The first-order valence-corrected chi connectivity index (χ1v) is 8.09. The number of piperidine rings is 2. The largest absolute Gasteiger partial charge is 0.341 e. The molecule has 0 aromatic carbocycles. The highest BCUT2D eigenvalue weighted by molar-refractivity contribution is 5.81. The molecule has 2 atom stereocenters. The maximum atomic E-state index is 12.6. The lowest BCUT2D eigenvalue weighted by Crippen LogP contribution is -2.58. The molecule has 0 bridgehead atoms. The van der Waals surface area contributed by atoms with Gasteiger partial charge in [0.2, 0.25) is 5.91 Å². The molecule has 0 saturated carbocycles. The van der Waals surface area contributed by atoms with Gasteiger partial charge in [0.1, 0.15) is 0 Å². The number of nitrogens with zero attached hydrogens (tertiary/aromatic N) is 2. The molecule has 2 saturated heterocycles. The zero-order valence-corrected chi connectivity index (χ0v) is 13.6. The summed E-state index contributed by atoms with van der Waals surface area (Å²) < 4.78 is 0. The van der Waals surface area contributed by atoms with Crippen LogP contribution in [0.3, 0.4) is 0 Å². The Balaban J connectivity index is 1.93. The second kappa shape index (κ2) is 6.02. The quantitative estimate of drug-likeness (QED) is 0.838. The van der Waals surface area contributed by atoms with Gasteiger partial charge < -0.3 is 10.6 Å². The van der Waals surface area contributed by atoms with Crippen LogP contribution in [0.1, 0.15) is 47.0 Å². The average Bonchev–Trinajstić information content (AvgIpc) is 2.41. The monoisotopic (exact) mass is 281 g/mol. The molecular formula is C16H31N3O. The number of carbonyl (C=O) groups excluding carboxylic acids is 1. The van der Waals surface area contributed by atoms with Crippen molar-refractivity contribution in [2.45, 2.75) is 59.0 Å². The average molecular weight is 281 g/mol. The molecule has 0 aliphatic carbocycles. The lowest BCUT2D eigenvalue weighted by Gasteiger charge is -2.45. The number of amides is 1. The van der Waals surface area contributed by atoms with E-state index in [0.29, 0.717) is 5.91 Å². The van der Waals surface area contributed by atoms with Crippen molar-refractivity contribution in [2.75, 3.05) is 26.2 Å². The number of hydrogen-bond acceptors (Lipinski definition) is 3. The summed E-state index contributed by atoms with van der Waals surface area (Å²) in [6.45, 7) is 12.5. The lowest BCUT2D eigenvalue weighted by molar-refractivity contribution is -0.139. The van der Waals surface area contributed by atoms with Crippen molar-refractivity contribution in [1.29, 1.82) is 0 Å². The molecule has 0 spiro atoms. The Kier molecular flexibility index (Phi) is 4.75. The van der Waals surface area contributed by atoms with Gasteiger partial charge in [-0.2, -0.15) is 0 Å². The molecule has 2 heterocycles. The summed E-state index contributed by atoms with van der Waals surface area (Å²) in [5.74, 6) is 1.07. The van der Waals surface area contributed by atoms with Crippen LogP contribution in [0.4, 0.5) is 0 Å². The summed E-state index contributed by atoms with van der Waals surface area (Å²) in [5.41, 5.74) is 6.29. The van der Waals surface area contributed by atoms with Gasteiger partial charge in [0.25, 0.3) is 0 Å². The van der Waals surface area contributed by atoms with E-state index in [2.05, 4.69) is 37.5 Å². The topological polar surface area (TPSA) is 49.6 Å². The van der Waals surface area contributed by atoms with E-state index in [9.17, 15) is 4.79 Å². The molecule has 4 nitrogen and oxygen atoms in total. The second-order valence-corrected chi connectivity index (χ2v) is 7.54. The van der Waals surface area contributed by atoms with Crippen molar-refractivity contribution in [3.63, 3.8) is 0 Å². The Bertz CT molecular complexity index is 348. The Morgan fingerprint density at radius 2 is 1.80 bits per heavy atom. The first-order valence-electron chi connectivity index (χ1n) is 8.09. The molecular weight excluding hydrogens is 250 g/mol. The molecule has 2 N–H and O–H groups in total. The number of likely N-dealkylation sites (tertiary alicyclic amines) is 2. The Morgan fingerprint density at radius 3 is 2.35 bits per heavy atom. The van der Waals surface area contributed by atoms with Crippen LogP contribution in [-0.4, -0.2) is 54.0 Å². The van der Waals surface area contributed by atoms with E-state index in [4.69, 9.17) is 5.73 Å². The van der Waals surface area contributed by atoms with Crippen molar-refractivity contribution in [1.82, 2.24) is 9.80 Å². The zero-order chi connectivity index (χ0) is 14.9. The second-order valence-electron chi connectivity index (χ2n) is 7.54. The van der Waals surface area contributed by atoms with Crippen molar-refractivity contribution in [3.05, 3.63) is 0 Å². The fourth-order valence-corrected chi connectivity index (χ4v) is 3.40. The van der Waals surface area contributed by atoms with Gasteiger partial charge in [-0.05, 0) is 37.5 Å². The number of nitrogens with two attached hydrogens (primary N) is 1. The molecule has 2 aliphatic rings. The van der Waals surface area contributed by atoms with E-state index in [-0.39, 0.29) is 17.5 Å². The molecule has 2 fully saturated rings. The van der Waals surface area contributed by atoms with Crippen LogP contribution >= 0.6 is 0 Å². The van der Waals surface area contributed by atoms with Crippen LogP contribution in [0.5, 0.6) is 0 Å². The van der Waals surface area contributed by atoms with Crippen LogP contribution < -0.4 is 5.73 Å². The van der Waals surface area contributed by atoms with Crippen molar-refractivity contribution in [3.8, 4) is 0 Å². The summed E-state index contributed by atoms with van der Waals surface area (Å²) >= 11 is 0. The van der Waals surface area contributed by atoms with Crippen molar-refractivity contribution >= 4 is 5.91 Å². The normalized spacial score (nSPS) is 30.2. The molecule has 20 heavy (non-hydrogen) atoms. The fraction of sp³-hybridized carbons (Fsp3) is 0.938. The first kappa shape index (κ1) is 15.8. The van der Waals surface area contributed by atoms with Crippen molar-refractivity contribution in [2.24, 2.45) is 17.1 Å². The number of hydrogen-bond donors (Lipinski definition) is 1. The third kappa shape index (κ3) is 3.34. The van der Waals surface area contributed by atoms with Gasteiger partial charge in [0.15, 0.2) is 0 Å². The van der Waals surface area contributed by atoms with Gasteiger partial charge in [0.05, 0.1) is 6.04 Å². The van der Waals surface area contributed by atoms with E-state index in [0.717, 1.165) is 51.4 Å². The maximum absolute atomic E-state index is 12.6. The summed E-state index contributed by atoms with van der Waals surface area (Å²) in [6.07, 6.45) is 3.28. The smallest absolute Gasteiger partial charge is 0.239 e. The fourth-order valence-electron chi connectivity index (χ4n) is 3.40. The lowest BCUT2D eigenvalue weighted by atomic mass is 9.79. The Morgan fingerprint density at radius 1 is 1.20 bits per heavy atom. The molecule has 1 amide bonds. The van der Waals surface area contributed by atoms with Crippen LogP contribution in [0.25, 0.3) is 0 Å². The van der Waals surface area contributed by atoms with Gasteiger partial charge in [-0.25, -0.2) is 0 Å². The van der Waals surface area contributed by atoms with Gasteiger partial charge in [-0.15, -0.1) is 0 Å². The SMILES string of the molecule is CC1CCN(C(=O)C(C)N2CCC(N)C(C)(C)C2)CC1. The van der Waals surface area contributed by atoms with E-state index in [1.54, 1.807) is 0 Å². The summed E-state index contributed by atoms with van der Waals surface area (Å²) in [7, 11) is 0.